The lowest BCUT2D eigenvalue weighted by Gasteiger charge is -2.25. The third-order valence-electron chi connectivity index (χ3n) is 3.84. The van der Waals surface area contributed by atoms with E-state index in [2.05, 4.69) is 20.9 Å². The van der Waals surface area contributed by atoms with E-state index in [1.54, 1.807) is 7.11 Å². The second kappa shape index (κ2) is 9.76. The summed E-state index contributed by atoms with van der Waals surface area (Å²) in [7, 11) is 1.63. The van der Waals surface area contributed by atoms with E-state index < -0.39 is 0 Å². The number of aliphatic imine (C=N–C) groups is 1. The summed E-state index contributed by atoms with van der Waals surface area (Å²) in [6, 6.07) is 7.73. The van der Waals surface area contributed by atoms with Crippen LogP contribution in [-0.2, 0) is 4.79 Å². The first-order valence-electron chi connectivity index (χ1n) is 8.73. The van der Waals surface area contributed by atoms with Crippen LogP contribution in [0.1, 0.15) is 26.7 Å². The van der Waals surface area contributed by atoms with Crippen LogP contribution in [0.5, 0.6) is 11.5 Å². The summed E-state index contributed by atoms with van der Waals surface area (Å²) < 4.78 is 11.1. The van der Waals surface area contributed by atoms with Crippen molar-refractivity contribution in [3.63, 3.8) is 0 Å². The van der Waals surface area contributed by atoms with Crippen LogP contribution in [0.25, 0.3) is 0 Å². The Morgan fingerprint density at radius 1 is 1.44 bits per heavy atom. The molecule has 1 aliphatic heterocycles. The number of rotatable bonds is 7. The quantitative estimate of drug-likeness (QED) is 0.511. The van der Waals surface area contributed by atoms with Gasteiger partial charge in [-0.1, -0.05) is 6.07 Å². The van der Waals surface area contributed by atoms with Crippen LogP contribution in [0.4, 0.5) is 0 Å². The first-order valence-corrected chi connectivity index (χ1v) is 8.73. The van der Waals surface area contributed by atoms with Gasteiger partial charge in [-0.2, -0.15) is 0 Å². The lowest BCUT2D eigenvalue weighted by atomic mass is 10.1. The number of ether oxygens (including phenoxy) is 2. The van der Waals surface area contributed by atoms with E-state index in [1.165, 1.54) is 0 Å². The third-order valence-corrected chi connectivity index (χ3v) is 3.84. The molecule has 0 aromatic heterocycles. The average Bonchev–Trinajstić information content (AvgIpc) is 2.62. The number of methoxy groups -OCH3 is 1. The Morgan fingerprint density at radius 2 is 2.24 bits per heavy atom. The number of hydrogen-bond acceptors (Lipinski definition) is 4. The number of amides is 1. The minimum absolute atomic E-state index is 0.0754. The number of guanidine groups is 1. The predicted molar refractivity (Wildman–Crippen MR) is 98.2 cm³/mol. The van der Waals surface area contributed by atoms with Crippen LogP contribution in [0, 0.1) is 0 Å². The molecule has 3 N–H and O–H groups in total. The Labute approximate surface area is 149 Å². The molecule has 1 aromatic carbocycles. The van der Waals surface area contributed by atoms with E-state index in [-0.39, 0.29) is 18.1 Å². The lowest BCUT2D eigenvalue weighted by molar-refractivity contribution is -0.122. The fourth-order valence-corrected chi connectivity index (χ4v) is 2.53. The minimum Gasteiger partial charge on any atom is -0.497 e. The van der Waals surface area contributed by atoms with Gasteiger partial charge in [0.1, 0.15) is 17.6 Å². The average molecular weight is 348 g/mol. The molecule has 0 spiro atoms. The summed E-state index contributed by atoms with van der Waals surface area (Å²) in [6.45, 7) is 5.92. The molecule has 1 amide bonds. The molecular weight excluding hydrogens is 320 g/mol. The van der Waals surface area contributed by atoms with Crippen LogP contribution in [0.15, 0.2) is 29.3 Å². The maximum atomic E-state index is 11.2. The molecule has 1 aromatic rings. The van der Waals surface area contributed by atoms with E-state index in [0.717, 1.165) is 30.4 Å². The van der Waals surface area contributed by atoms with Crippen molar-refractivity contribution in [1.29, 1.82) is 0 Å². The largest absolute Gasteiger partial charge is 0.497 e. The minimum atomic E-state index is -0.0754. The van der Waals surface area contributed by atoms with Gasteiger partial charge in [0, 0.05) is 31.6 Å². The van der Waals surface area contributed by atoms with Crippen LogP contribution in [-0.4, -0.2) is 50.8 Å². The SMILES string of the molecule is CCNC(=NCC(C)Oc1cccc(OC)c1)NC1CCC(=O)NC1. The van der Waals surface area contributed by atoms with Crippen molar-refractivity contribution in [3.8, 4) is 11.5 Å². The summed E-state index contributed by atoms with van der Waals surface area (Å²) >= 11 is 0. The summed E-state index contributed by atoms with van der Waals surface area (Å²) in [4.78, 5) is 15.8. The van der Waals surface area contributed by atoms with Crippen LogP contribution < -0.4 is 25.4 Å². The predicted octanol–water partition coefficient (Wildman–Crippen LogP) is 1.30. The van der Waals surface area contributed by atoms with Gasteiger partial charge in [-0.05, 0) is 32.4 Å². The zero-order chi connectivity index (χ0) is 18.1. The molecular formula is C18H28N4O3. The molecule has 2 rings (SSSR count). The number of hydrogen-bond donors (Lipinski definition) is 3. The van der Waals surface area contributed by atoms with E-state index in [9.17, 15) is 4.79 Å². The summed E-state index contributed by atoms with van der Waals surface area (Å²) in [5, 5.41) is 9.46. The maximum absolute atomic E-state index is 11.2. The molecule has 0 bridgehead atoms. The molecule has 1 saturated heterocycles. The van der Waals surface area contributed by atoms with Gasteiger partial charge in [-0.3, -0.25) is 4.79 Å². The number of piperidine rings is 1. The highest BCUT2D eigenvalue weighted by molar-refractivity contribution is 5.81. The van der Waals surface area contributed by atoms with E-state index >= 15 is 0 Å². The molecule has 1 heterocycles. The van der Waals surface area contributed by atoms with Gasteiger partial charge in [0.15, 0.2) is 5.96 Å². The molecule has 138 valence electrons. The lowest BCUT2D eigenvalue weighted by Crippen LogP contribution is -2.51. The molecule has 1 fully saturated rings. The molecule has 7 heteroatoms. The van der Waals surface area contributed by atoms with Gasteiger partial charge in [-0.15, -0.1) is 0 Å². The molecule has 1 aliphatic rings. The van der Waals surface area contributed by atoms with Gasteiger partial charge in [0.25, 0.3) is 0 Å². The van der Waals surface area contributed by atoms with E-state index in [1.807, 2.05) is 38.1 Å². The second-order valence-electron chi connectivity index (χ2n) is 6.01. The van der Waals surface area contributed by atoms with Crippen LogP contribution in [0.3, 0.4) is 0 Å². The third kappa shape index (κ3) is 6.52. The Bertz CT molecular complexity index is 581. The normalized spacial score (nSPS) is 18.9. The molecule has 0 aliphatic carbocycles. The van der Waals surface area contributed by atoms with Gasteiger partial charge in [0.2, 0.25) is 5.91 Å². The van der Waals surface area contributed by atoms with Gasteiger partial charge in [-0.25, -0.2) is 4.99 Å². The van der Waals surface area contributed by atoms with E-state index in [0.29, 0.717) is 19.5 Å². The molecule has 0 saturated carbocycles. The number of carbonyl (C=O) groups excluding carboxylic acids is 1. The van der Waals surface area contributed by atoms with Crippen LogP contribution in [0.2, 0.25) is 0 Å². The summed E-state index contributed by atoms with van der Waals surface area (Å²) in [6.07, 6.45) is 1.28. The van der Waals surface area contributed by atoms with Crippen molar-refractivity contribution < 1.29 is 14.3 Å². The zero-order valence-electron chi connectivity index (χ0n) is 15.2. The highest BCUT2D eigenvalue weighted by Gasteiger charge is 2.18. The monoisotopic (exact) mass is 348 g/mol. The summed E-state index contributed by atoms with van der Waals surface area (Å²) in [5.41, 5.74) is 0. The zero-order valence-corrected chi connectivity index (χ0v) is 15.2. The Kier molecular flexibility index (Phi) is 7.37. The smallest absolute Gasteiger partial charge is 0.220 e. The Balaban J connectivity index is 1.87. The highest BCUT2D eigenvalue weighted by atomic mass is 16.5. The van der Waals surface area contributed by atoms with Gasteiger partial charge in [0.05, 0.1) is 13.7 Å². The number of nitrogens with one attached hydrogen (secondary N) is 3. The molecule has 2 unspecified atom stereocenters. The van der Waals surface area contributed by atoms with Crippen molar-refractivity contribution in [2.24, 2.45) is 4.99 Å². The van der Waals surface area contributed by atoms with Gasteiger partial charge >= 0.3 is 0 Å². The molecule has 7 nitrogen and oxygen atoms in total. The van der Waals surface area contributed by atoms with Gasteiger partial charge < -0.3 is 25.4 Å². The van der Waals surface area contributed by atoms with Crippen molar-refractivity contribution in [1.82, 2.24) is 16.0 Å². The van der Waals surface area contributed by atoms with Crippen molar-refractivity contribution in [3.05, 3.63) is 24.3 Å². The number of nitrogens with zero attached hydrogens (tertiary/aromatic N) is 1. The first-order chi connectivity index (χ1) is 12.1. The second-order valence-corrected chi connectivity index (χ2v) is 6.01. The molecule has 0 radical (unpaired) electrons. The summed E-state index contributed by atoms with van der Waals surface area (Å²) in [5.74, 6) is 2.38. The maximum Gasteiger partial charge on any atom is 0.220 e. The van der Waals surface area contributed by atoms with Crippen molar-refractivity contribution in [2.75, 3.05) is 26.7 Å². The highest BCUT2D eigenvalue weighted by Crippen LogP contribution is 2.19. The van der Waals surface area contributed by atoms with Crippen LogP contribution >= 0.6 is 0 Å². The molecule has 25 heavy (non-hydrogen) atoms. The number of carbonyl (C=O) groups is 1. The Hall–Kier alpha value is -2.44. The first kappa shape index (κ1) is 18.9. The van der Waals surface area contributed by atoms with E-state index in [4.69, 9.17) is 9.47 Å². The standard InChI is InChI=1S/C18H28N4O3/c1-4-19-18(22-14-8-9-17(23)20-12-14)21-11-13(2)25-16-7-5-6-15(10-16)24-3/h5-7,10,13-14H,4,8-9,11-12H2,1-3H3,(H,20,23)(H2,19,21,22). The molecule has 2 atom stereocenters. The Morgan fingerprint density at radius 3 is 2.92 bits per heavy atom. The fourth-order valence-electron chi connectivity index (χ4n) is 2.53. The van der Waals surface area contributed by atoms with Crippen molar-refractivity contribution in [2.45, 2.75) is 38.8 Å². The van der Waals surface area contributed by atoms with Crippen molar-refractivity contribution >= 4 is 11.9 Å². The fraction of sp³-hybridized carbons (Fsp3) is 0.556. The number of benzene rings is 1. The topological polar surface area (TPSA) is 84.0 Å².